The second kappa shape index (κ2) is 3.35. The molecule has 0 spiro atoms. The second-order valence-electron chi connectivity index (χ2n) is 4.64. The summed E-state index contributed by atoms with van der Waals surface area (Å²) in [6.07, 6.45) is 4.19. The van der Waals surface area contributed by atoms with Crippen molar-refractivity contribution in [2.45, 2.75) is 57.7 Å². The molecule has 0 aliphatic carbocycles. The van der Waals surface area contributed by atoms with Crippen molar-refractivity contribution in [2.75, 3.05) is 6.61 Å². The van der Waals surface area contributed by atoms with E-state index >= 15 is 0 Å². The van der Waals surface area contributed by atoms with Crippen LogP contribution in [0.4, 0.5) is 0 Å². The van der Waals surface area contributed by atoms with Gasteiger partial charge in [-0.3, -0.25) is 0 Å². The molecule has 2 heteroatoms. The van der Waals surface area contributed by atoms with Gasteiger partial charge in [-0.25, -0.2) is 0 Å². The lowest BCUT2D eigenvalue weighted by atomic mass is 9.86. The summed E-state index contributed by atoms with van der Waals surface area (Å²) < 4.78 is 5.94. The standard InChI is InChI=1S/C10H20O2/c1-9(2)5-4-6-10(3,12-9)7-8-11/h11H,4-8H2,1-3H3. The van der Waals surface area contributed by atoms with Crippen LogP contribution < -0.4 is 0 Å². The number of aliphatic hydroxyl groups is 1. The van der Waals surface area contributed by atoms with Gasteiger partial charge in [0.05, 0.1) is 11.2 Å². The third kappa shape index (κ3) is 2.46. The number of rotatable bonds is 2. The van der Waals surface area contributed by atoms with Gasteiger partial charge in [-0.1, -0.05) is 0 Å². The number of hydrogen-bond acceptors (Lipinski definition) is 2. The van der Waals surface area contributed by atoms with E-state index in [1.165, 1.54) is 6.42 Å². The topological polar surface area (TPSA) is 29.5 Å². The summed E-state index contributed by atoms with van der Waals surface area (Å²) in [5.41, 5.74) is -0.0847. The van der Waals surface area contributed by atoms with Crippen molar-refractivity contribution < 1.29 is 9.84 Å². The molecule has 0 saturated carbocycles. The maximum Gasteiger partial charge on any atom is 0.0683 e. The van der Waals surface area contributed by atoms with Crippen LogP contribution in [0.3, 0.4) is 0 Å². The third-order valence-corrected chi connectivity index (χ3v) is 2.65. The Morgan fingerprint density at radius 1 is 1.25 bits per heavy atom. The Balaban J connectivity index is 2.55. The van der Waals surface area contributed by atoms with Gasteiger partial charge in [0, 0.05) is 6.61 Å². The van der Waals surface area contributed by atoms with E-state index in [9.17, 15) is 0 Å². The first-order valence-electron chi connectivity index (χ1n) is 4.79. The third-order valence-electron chi connectivity index (χ3n) is 2.65. The summed E-state index contributed by atoms with van der Waals surface area (Å²) in [6, 6.07) is 0. The van der Waals surface area contributed by atoms with Gasteiger partial charge in [0.2, 0.25) is 0 Å². The van der Waals surface area contributed by atoms with Gasteiger partial charge < -0.3 is 9.84 Å². The van der Waals surface area contributed by atoms with Gasteiger partial charge in [-0.2, -0.15) is 0 Å². The van der Waals surface area contributed by atoms with Crippen molar-refractivity contribution in [1.82, 2.24) is 0 Å². The van der Waals surface area contributed by atoms with E-state index in [1.807, 2.05) is 0 Å². The number of ether oxygens (including phenoxy) is 1. The Hall–Kier alpha value is -0.0800. The predicted octanol–water partition coefficient (Wildman–Crippen LogP) is 2.11. The summed E-state index contributed by atoms with van der Waals surface area (Å²) in [5, 5.41) is 8.87. The minimum atomic E-state index is -0.0868. The number of hydrogen-bond donors (Lipinski definition) is 1. The first-order valence-corrected chi connectivity index (χ1v) is 4.79. The van der Waals surface area contributed by atoms with Gasteiger partial charge in [-0.05, 0) is 46.5 Å². The van der Waals surface area contributed by atoms with Crippen LogP contribution in [0.5, 0.6) is 0 Å². The summed E-state index contributed by atoms with van der Waals surface area (Å²) in [6.45, 7) is 6.58. The lowest BCUT2D eigenvalue weighted by Crippen LogP contribution is -2.43. The van der Waals surface area contributed by atoms with E-state index in [4.69, 9.17) is 9.84 Å². The van der Waals surface area contributed by atoms with Gasteiger partial charge >= 0.3 is 0 Å². The minimum absolute atomic E-state index is 0.00215. The van der Waals surface area contributed by atoms with Crippen molar-refractivity contribution in [3.05, 3.63) is 0 Å². The van der Waals surface area contributed by atoms with Crippen LogP contribution >= 0.6 is 0 Å². The molecule has 0 radical (unpaired) electrons. The van der Waals surface area contributed by atoms with E-state index in [-0.39, 0.29) is 17.8 Å². The van der Waals surface area contributed by atoms with Crippen molar-refractivity contribution in [3.63, 3.8) is 0 Å². The van der Waals surface area contributed by atoms with Crippen LogP contribution in [0, 0.1) is 0 Å². The van der Waals surface area contributed by atoms with Crippen LogP contribution in [-0.2, 0) is 4.74 Å². The molecule has 0 aromatic rings. The molecule has 1 aliphatic heterocycles. The molecule has 0 bridgehead atoms. The van der Waals surface area contributed by atoms with Crippen LogP contribution in [0.2, 0.25) is 0 Å². The van der Waals surface area contributed by atoms with E-state index in [1.54, 1.807) is 0 Å². The van der Waals surface area contributed by atoms with E-state index in [0.717, 1.165) is 19.3 Å². The fraction of sp³-hybridized carbons (Fsp3) is 1.00. The molecule has 1 aliphatic rings. The van der Waals surface area contributed by atoms with Crippen molar-refractivity contribution >= 4 is 0 Å². The fourth-order valence-corrected chi connectivity index (χ4v) is 2.07. The Bertz CT molecular complexity index is 150. The molecule has 0 aromatic carbocycles. The van der Waals surface area contributed by atoms with E-state index in [0.29, 0.717) is 0 Å². The molecule has 1 heterocycles. The van der Waals surface area contributed by atoms with E-state index in [2.05, 4.69) is 20.8 Å². The van der Waals surface area contributed by atoms with Gasteiger partial charge in [0.15, 0.2) is 0 Å². The average molecular weight is 172 g/mol. The Morgan fingerprint density at radius 2 is 1.92 bits per heavy atom. The van der Waals surface area contributed by atoms with Crippen molar-refractivity contribution in [2.24, 2.45) is 0 Å². The zero-order valence-electron chi connectivity index (χ0n) is 8.39. The normalized spacial score (nSPS) is 35.0. The van der Waals surface area contributed by atoms with Gasteiger partial charge in [0.1, 0.15) is 0 Å². The Kier molecular flexibility index (Phi) is 2.79. The highest BCUT2D eigenvalue weighted by Gasteiger charge is 2.36. The summed E-state index contributed by atoms with van der Waals surface area (Å²) in [4.78, 5) is 0. The molecule has 12 heavy (non-hydrogen) atoms. The maximum atomic E-state index is 8.87. The first-order chi connectivity index (χ1) is 5.47. The summed E-state index contributed by atoms with van der Waals surface area (Å²) in [5.74, 6) is 0. The molecule has 2 nitrogen and oxygen atoms in total. The first kappa shape index (κ1) is 10.0. The SMILES string of the molecule is CC1(C)CCCC(C)(CCO)O1. The molecule has 0 aromatic heterocycles. The lowest BCUT2D eigenvalue weighted by molar-refractivity contribution is -0.171. The molecule has 72 valence electrons. The van der Waals surface area contributed by atoms with Crippen molar-refractivity contribution in [3.8, 4) is 0 Å². The maximum absolute atomic E-state index is 8.87. The van der Waals surface area contributed by atoms with E-state index < -0.39 is 0 Å². The monoisotopic (exact) mass is 172 g/mol. The highest BCUT2D eigenvalue weighted by atomic mass is 16.5. The Labute approximate surface area is 74.9 Å². The van der Waals surface area contributed by atoms with Crippen LogP contribution in [0.1, 0.15) is 46.5 Å². The molecule has 1 unspecified atom stereocenters. The lowest BCUT2D eigenvalue weighted by Gasteiger charge is -2.43. The molecule has 1 N–H and O–H groups in total. The molecular weight excluding hydrogens is 152 g/mol. The fourth-order valence-electron chi connectivity index (χ4n) is 2.07. The molecule has 1 atom stereocenters. The molecule has 1 saturated heterocycles. The quantitative estimate of drug-likeness (QED) is 0.691. The molecule has 1 fully saturated rings. The molecular formula is C10H20O2. The summed E-state index contributed by atoms with van der Waals surface area (Å²) in [7, 11) is 0. The molecule has 0 amide bonds. The minimum Gasteiger partial charge on any atom is -0.396 e. The largest absolute Gasteiger partial charge is 0.396 e. The zero-order chi connectivity index (χ0) is 9.24. The van der Waals surface area contributed by atoms with Gasteiger partial charge in [-0.15, -0.1) is 0 Å². The highest BCUT2D eigenvalue weighted by Crippen LogP contribution is 2.36. The predicted molar refractivity (Wildman–Crippen MR) is 49.1 cm³/mol. The van der Waals surface area contributed by atoms with Crippen LogP contribution in [-0.4, -0.2) is 22.9 Å². The number of aliphatic hydroxyl groups excluding tert-OH is 1. The molecule has 1 rings (SSSR count). The van der Waals surface area contributed by atoms with Crippen molar-refractivity contribution in [1.29, 1.82) is 0 Å². The van der Waals surface area contributed by atoms with Crippen LogP contribution in [0.25, 0.3) is 0 Å². The Morgan fingerprint density at radius 3 is 2.42 bits per heavy atom. The summed E-state index contributed by atoms with van der Waals surface area (Å²) >= 11 is 0. The van der Waals surface area contributed by atoms with Gasteiger partial charge in [0.25, 0.3) is 0 Å². The smallest absolute Gasteiger partial charge is 0.0683 e. The zero-order valence-corrected chi connectivity index (χ0v) is 8.39. The van der Waals surface area contributed by atoms with Crippen LogP contribution in [0.15, 0.2) is 0 Å². The second-order valence-corrected chi connectivity index (χ2v) is 4.64. The highest BCUT2D eigenvalue weighted by molar-refractivity contribution is 4.86. The average Bonchev–Trinajstić information content (AvgIpc) is 1.83.